The lowest BCUT2D eigenvalue weighted by molar-refractivity contribution is -0.384. The topological polar surface area (TPSA) is 79.5 Å². The van der Waals surface area contributed by atoms with Crippen LogP contribution >= 0.6 is 0 Å². The Labute approximate surface area is 125 Å². The fourth-order valence-electron chi connectivity index (χ4n) is 2.94. The van der Waals surface area contributed by atoms with E-state index in [0.29, 0.717) is 18.3 Å². The Hall–Kier alpha value is -1.69. The van der Waals surface area contributed by atoms with Gasteiger partial charge in [-0.2, -0.15) is 0 Å². The van der Waals surface area contributed by atoms with E-state index in [1.54, 1.807) is 12.3 Å². The molecule has 1 aliphatic rings. The molecule has 6 heteroatoms. The van der Waals surface area contributed by atoms with E-state index >= 15 is 0 Å². The lowest BCUT2D eigenvalue weighted by atomic mass is 9.75. The molecule has 2 rings (SSSR count). The molecule has 1 aliphatic heterocycles. The summed E-state index contributed by atoms with van der Waals surface area (Å²) in [7, 11) is 0. The highest BCUT2D eigenvalue weighted by atomic mass is 16.6. The van der Waals surface area contributed by atoms with Gasteiger partial charge < -0.3 is 10.0 Å². The van der Waals surface area contributed by atoms with Crippen LogP contribution in [0.2, 0.25) is 0 Å². The largest absolute Gasteiger partial charge is 0.394 e. The van der Waals surface area contributed by atoms with Crippen LogP contribution in [0.25, 0.3) is 0 Å². The molecule has 2 heterocycles. The van der Waals surface area contributed by atoms with Crippen LogP contribution in [-0.4, -0.2) is 34.2 Å². The summed E-state index contributed by atoms with van der Waals surface area (Å²) < 4.78 is 0. The molecule has 1 saturated heterocycles. The van der Waals surface area contributed by atoms with Crippen molar-refractivity contribution in [2.75, 3.05) is 18.1 Å². The molecule has 1 N–H and O–H groups in total. The van der Waals surface area contributed by atoms with Crippen molar-refractivity contribution in [2.45, 2.75) is 39.7 Å². The number of aliphatic hydroxyl groups is 1. The number of hydrogen-bond acceptors (Lipinski definition) is 5. The van der Waals surface area contributed by atoms with Gasteiger partial charge in [-0.1, -0.05) is 20.8 Å². The molecule has 0 amide bonds. The van der Waals surface area contributed by atoms with Gasteiger partial charge in [0.1, 0.15) is 0 Å². The number of piperidine rings is 1. The molecular weight excluding hydrogens is 270 g/mol. The minimum Gasteiger partial charge on any atom is -0.394 e. The van der Waals surface area contributed by atoms with E-state index in [2.05, 4.69) is 25.8 Å². The number of rotatable bonds is 3. The van der Waals surface area contributed by atoms with Crippen molar-refractivity contribution in [3.05, 3.63) is 28.4 Å². The van der Waals surface area contributed by atoms with Crippen LogP contribution in [0.1, 0.15) is 33.6 Å². The second-order valence-electron chi connectivity index (χ2n) is 6.73. The molecular formula is C15H23N3O3. The second-order valence-corrected chi connectivity index (χ2v) is 6.73. The van der Waals surface area contributed by atoms with Gasteiger partial charge in [0.05, 0.1) is 17.6 Å². The number of pyridine rings is 1. The maximum atomic E-state index is 11.2. The summed E-state index contributed by atoms with van der Waals surface area (Å²) in [5, 5.41) is 20.8. The van der Waals surface area contributed by atoms with E-state index in [1.165, 1.54) is 6.07 Å². The molecule has 21 heavy (non-hydrogen) atoms. The SMILES string of the molecule is CC(C)(C)C1CCC(CO)N(c2ncccc2[N+](=O)[O-])C1. The standard InChI is InChI=1S/C15H23N3O3/c1-15(2,3)11-6-7-12(10-19)17(9-11)14-13(18(20)21)5-4-8-16-14/h4-5,8,11-12,19H,6-7,9-10H2,1-3H3. The fourth-order valence-corrected chi connectivity index (χ4v) is 2.94. The summed E-state index contributed by atoms with van der Waals surface area (Å²) in [6.07, 6.45) is 3.41. The Morgan fingerprint density at radius 3 is 2.76 bits per heavy atom. The molecule has 0 radical (unpaired) electrons. The normalized spacial score (nSPS) is 23.1. The van der Waals surface area contributed by atoms with E-state index in [1.807, 2.05) is 4.90 Å². The summed E-state index contributed by atoms with van der Waals surface area (Å²) in [6.45, 7) is 7.23. The number of aromatic nitrogens is 1. The predicted molar refractivity (Wildman–Crippen MR) is 81.3 cm³/mol. The van der Waals surface area contributed by atoms with Crippen LogP contribution in [0.4, 0.5) is 11.5 Å². The van der Waals surface area contributed by atoms with Gasteiger partial charge in [0, 0.05) is 18.8 Å². The van der Waals surface area contributed by atoms with Gasteiger partial charge >= 0.3 is 5.69 Å². The summed E-state index contributed by atoms with van der Waals surface area (Å²) in [6, 6.07) is 2.94. The first-order valence-electron chi connectivity index (χ1n) is 7.31. The lowest BCUT2D eigenvalue weighted by Crippen LogP contribution is -2.49. The first-order valence-corrected chi connectivity index (χ1v) is 7.31. The smallest absolute Gasteiger partial charge is 0.311 e. The van der Waals surface area contributed by atoms with Crippen LogP contribution < -0.4 is 4.90 Å². The molecule has 0 spiro atoms. The Bertz CT molecular complexity index is 513. The number of hydrogen-bond donors (Lipinski definition) is 1. The Balaban J connectivity index is 2.36. The summed E-state index contributed by atoms with van der Waals surface area (Å²) >= 11 is 0. The lowest BCUT2D eigenvalue weighted by Gasteiger charge is -2.44. The van der Waals surface area contributed by atoms with Gasteiger partial charge in [-0.05, 0) is 30.2 Å². The zero-order valence-electron chi connectivity index (χ0n) is 12.8. The predicted octanol–water partition coefficient (Wildman–Crippen LogP) is 2.61. The van der Waals surface area contributed by atoms with Crippen molar-refractivity contribution >= 4 is 11.5 Å². The second kappa shape index (κ2) is 5.97. The highest BCUT2D eigenvalue weighted by Gasteiger charge is 2.37. The van der Waals surface area contributed by atoms with Crippen LogP contribution in [0, 0.1) is 21.4 Å². The van der Waals surface area contributed by atoms with Crippen LogP contribution in [0.5, 0.6) is 0 Å². The Morgan fingerprint density at radius 2 is 2.19 bits per heavy atom. The molecule has 1 aromatic heterocycles. The molecule has 2 atom stereocenters. The summed E-state index contributed by atoms with van der Waals surface area (Å²) in [5.41, 5.74) is 0.132. The van der Waals surface area contributed by atoms with Gasteiger partial charge in [0.15, 0.2) is 0 Å². The molecule has 0 aromatic carbocycles. The number of anilines is 1. The third-order valence-electron chi connectivity index (χ3n) is 4.38. The van der Waals surface area contributed by atoms with Crippen molar-refractivity contribution in [2.24, 2.45) is 11.3 Å². The molecule has 2 unspecified atom stereocenters. The maximum absolute atomic E-state index is 11.2. The minimum atomic E-state index is -0.405. The quantitative estimate of drug-likeness (QED) is 0.684. The fraction of sp³-hybridized carbons (Fsp3) is 0.667. The van der Waals surface area contributed by atoms with Crippen molar-refractivity contribution in [3.8, 4) is 0 Å². The van der Waals surface area contributed by atoms with E-state index in [0.717, 1.165) is 12.8 Å². The van der Waals surface area contributed by atoms with Crippen LogP contribution in [0.3, 0.4) is 0 Å². The molecule has 1 fully saturated rings. The minimum absolute atomic E-state index is 0.00510. The van der Waals surface area contributed by atoms with Crippen molar-refractivity contribution in [3.63, 3.8) is 0 Å². The molecule has 1 aromatic rings. The zero-order valence-corrected chi connectivity index (χ0v) is 12.8. The highest BCUT2D eigenvalue weighted by molar-refractivity contribution is 5.58. The van der Waals surface area contributed by atoms with E-state index in [4.69, 9.17) is 0 Å². The maximum Gasteiger partial charge on any atom is 0.311 e. The monoisotopic (exact) mass is 293 g/mol. The zero-order chi connectivity index (χ0) is 15.6. The van der Waals surface area contributed by atoms with Gasteiger partial charge in [0.25, 0.3) is 0 Å². The third-order valence-corrected chi connectivity index (χ3v) is 4.38. The van der Waals surface area contributed by atoms with E-state index in [-0.39, 0.29) is 23.8 Å². The van der Waals surface area contributed by atoms with Gasteiger partial charge in [-0.3, -0.25) is 10.1 Å². The van der Waals surface area contributed by atoms with Crippen molar-refractivity contribution in [1.29, 1.82) is 0 Å². The number of nitro groups is 1. The van der Waals surface area contributed by atoms with Crippen molar-refractivity contribution in [1.82, 2.24) is 4.98 Å². The third kappa shape index (κ3) is 3.32. The van der Waals surface area contributed by atoms with E-state index < -0.39 is 4.92 Å². The Kier molecular flexibility index (Phi) is 4.46. The average molecular weight is 293 g/mol. The first kappa shape index (κ1) is 15.7. The molecule has 0 saturated carbocycles. The van der Waals surface area contributed by atoms with E-state index in [9.17, 15) is 15.2 Å². The molecule has 116 valence electrons. The first-order chi connectivity index (χ1) is 9.84. The van der Waals surface area contributed by atoms with Crippen molar-refractivity contribution < 1.29 is 10.0 Å². The summed E-state index contributed by atoms with van der Waals surface area (Å²) in [4.78, 5) is 16.9. The molecule has 6 nitrogen and oxygen atoms in total. The molecule has 0 bridgehead atoms. The average Bonchev–Trinajstić information content (AvgIpc) is 2.45. The van der Waals surface area contributed by atoms with Gasteiger partial charge in [0.2, 0.25) is 5.82 Å². The molecule has 0 aliphatic carbocycles. The Morgan fingerprint density at radius 1 is 1.48 bits per heavy atom. The van der Waals surface area contributed by atoms with Gasteiger partial charge in [-0.15, -0.1) is 0 Å². The summed E-state index contributed by atoms with van der Waals surface area (Å²) in [5.74, 6) is 0.789. The van der Waals surface area contributed by atoms with Crippen LogP contribution in [-0.2, 0) is 0 Å². The number of aliphatic hydroxyl groups excluding tert-OH is 1. The van der Waals surface area contributed by atoms with Crippen LogP contribution in [0.15, 0.2) is 18.3 Å². The highest BCUT2D eigenvalue weighted by Crippen LogP contribution is 2.38. The van der Waals surface area contributed by atoms with Gasteiger partial charge in [-0.25, -0.2) is 4.98 Å². The number of nitrogens with zero attached hydrogens (tertiary/aromatic N) is 3.